The predicted molar refractivity (Wildman–Crippen MR) is 105 cm³/mol. The van der Waals surface area contributed by atoms with Gasteiger partial charge in [-0.25, -0.2) is 8.78 Å². The summed E-state index contributed by atoms with van der Waals surface area (Å²) in [5.74, 6) is -0.915. The summed E-state index contributed by atoms with van der Waals surface area (Å²) in [5, 5.41) is 2.87. The number of fused-ring (bicyclic) bond motifs is 1. The second kappa shape index (κ2) is 7.87. The first-order valence-corrected chi connectivity index (χ1v) is 9.23. The van der Waals surface area contributed by atoms with E-state index in [4.69, 9.17) is 4.42 Å². The lowest BCUT2D eigenvalue weighted by atomic mass is 10.2. The van der Waals surface area contributed by atoms with E-state index in [1.54, 1.807) is 29.8 Å². The SMILES string of the molecule is Cc1cc2c(cc(C(=O)NCCc3ccccn3)n2Cc2ccc(F)cc2F)o1. The molecule has 0 unspecified atom stereocenters. The molecule has 3 aromatic heterocycles. The lowest BCUT2D eigenvalue weighted by Gasteiger charge is -2.11. The van der Waals surface area contributed by atoms with Gasteiger partial charge in [-0.3, -0.25) is 9.78 Å². The maximum atomic E-state index is 14.2. The van der Waals surface area contributed by atoms with E-state index in [9.17, 15) is 13.6 Å². The second-order valence-corrected chi connectivity index (χ2v) is 6.78. The van der Waals surface area contributed by atoms with Crippen molar-refractivity contribution in [3.05, 3.63) is 89.1 Å². The van der Waals surface area contributed by atoms with Gasteiger partial charge in [-0.2, -0.15) is 0 Å². The van der Waals surface area contributed by atoms with Crippen LogP contribution in [0, 0.1) is 18.6 Å². The highest BCUT2D eigenvalue weighted by Crippen LogP contribution is 2.25. The number of nitrogens with one attached hydrogen (secondary N) is 1. The lowest BCUT2D eigenvalue weighted by molar-refractivity contribution is 0.0945. The molecular weight excluding hydrogens is 376 g/mol. The minimum absolute atomic E-state index is 0.0809. The van der Waals surface area contributed by atoms with Crippen molar-refractivity contribution >= 4 is 17.0 Å². The van der Waals surface area contributed by atoms with Gasteiger partial charge in [-0.1, -0.05) is 12.1 Å². The van der Waals surface area contributed by atoms with Crippen LogP contribution < -0.4 is 5.32 Å². The van der Waals surface area contributed by atoms with Crippen molar-refractivity contribution < 1.29 is 18.0 Å². The van der Waals surface area contributed by atoms with Gasteiger partial charge in [0.2, 0.25) is 0 Å². The molecule has 0 aliphatic carbocycles. The minimum Gasteiger partial charge on any atom is -0.460 e. The molecule has 1 amide bonds. The predicted octanol–water partition coefficient (Wildman–Crippen LogP) is 4.24. The number of aromatic nitrogens is 2. The average molecular weight is 395 g/mol. The molecule has 0 fully saturated rings. The number of benzene rings is 1. The van der Waals surface area contributed by atoms with Crippen molar-refractivity contribution in [3.8, 4) is 0 Å². The van der Waals surface area contributed by atoms with Gasteiger partial charge in [-0.15, -0.1) is 0 Å². The van der Waals surface area contributed by atoms with E-state index in [0.29, 0.717) is 35.5 Å². The van der Waals surface area contributed by atoms with E-state index < -0.39 is 11.6 Å². The van der Waals surface area contributed by atoms with Crippen LogP contribution in [-0.4, -0.2) is 22.0 Å². The molecule has 0 aliphatic heterocycles. The number of pyridine rings is 1. The van der Waals surface area contributed by atoms with E-state index in [2.05, 4.69) is 10.3 Å². The first kappa shape index (κ1) is 18.9. The Morgan fingerprint density at radius 1 is 1.17 bits per heavy atom. The van der Waals surface area contributed by atoms with Crippen molar-refractivity contribution in [2.45, 2.75) is 19.9 Å². The van der Waals surface area contributed by atoms with Crippen LogP contribution in [0.5, 0.6) is 0 Å². The van der Waals surface area contributed by atoms with Crippen molar-refractivity contribution in [2.75, 3.05) is 6.54 Å². The first-order chi connectivity index (χ1) is 14.0. The highest BCUT2D eigenvalue weighted by atomic mass is 19.1. The molecule has 3 heterocycles. The molecule has 4 aromatic rings. The molecule has 1 N–H and O–H groups in total. The van der Waals surface area contributed by atoms with E-state index in [1.165, 1.54) is 12.1 Å². The zero-order chi connectivity index (χ0) is 20.4. The molecule has 0 atom stereocenters. The standard InChI is InChI=1S/C22H19F2N3O2/c1-14-10-19-21(29-14)12-20(22(28)26-9-7-17-4-2-3-8-25-17)27(19)13-15-5-6-16(23)11-18(15)24/h2-6,8,10-12H,7,9,13H2,1H3,(H,26,28). The average Bonchev–Trinajstić information content (AvgIpc) is 3.21. The van der Waals surface area contributed by atoms with Crippen LogP contribution in [-0.2, 0) is 13.0 Å². The van der Waals surface area contributed by atoms with Crippen LogP contribution in [0.2, 0.25) is 0 Å². The molecule has 0 radical (unpaired) electrons. The van der Waals surface area contributed by atoms with Crippen molar-refractivity contribution in [2.24, 2.45) is 0 Å². The summed E-state index contributed by atoms with van der Waals surface area (Å²) < 4.78 is 34.7. The van der Waals surface area contributed by atoms with E-state index in [-0.39, 0.29) is 18.0 Å². The Bertz CT molecular complexity index is 1170. The first-order valence-electron chi connectivity index (χ1n) is 9.23. The van der Waals surface area contributed by atoms with Crippen LogP contribution in [0.1, 0.15) is 27.5 Å². The number of furan rings is 1. The third-order valence-corrected chi connectivity index (χ3v) is 4.68. The highest BCUT2D eigenvalue weighted by Gasteiger charge is 2.19. The number of hydrogen-bond acceptors (Lipinski definition) is 3. The van der Waals surface area contributed by atoms with E-state index in [0.717, 1.165) is 11.8 Å². The maximum Gasteiger partial charge on any atom is 0.268 e. The number of halogens is 2. The summed E-state index contributed by atoms with van der Waals surface area (Å²) in [6.45, 7) is 2.29. The molecule has 0 aliphatic rings. The Hall–Kier alpha value is -3.48. The van der Waals surface area contributed by atoms with E-state index >= 15 is 0 Å². The monoisotopic (exact) mass is 395 g/mol. The third kappa shape index (κ3) is 4.03. The van der Waals surface area contributed by atoms with Gasteiger partial charge < -0.3 is 14.3 Å². The zero-order valence-corrected chi connectivity index (χ0v) is 15.8. The number of rotatable bonds is 6. The topological polar surface area (TPSA) is 60.1 Å². The summed E-state index contributed by atoms with van der Waals surface area (Å²) in [7, 11) is 0. The molecule has 148 valence electrons. The highest BCUT2D eigenvalue weighted by molar-refractivity contribution is 5.97. The van der Waals surface area contributed by atoms with E-state index in [1.807, 2.05) is 18.2 Å². The Morgan fingerprint density at radius 3 is 2.79 bits per heavy atom. The van der Waals surface area contributed by atoms with Gasteiger partial charge >= 0.3 is 0 Å². The molecule has 0 saturated carbocycles. The quantitative estimate of drug-likeness (QED) is 0.531. The summed E-state index contributed by atoms with van der Waals surface area (Å²) in [4.78, 5) is 17.0. The number of carbonyl (C=O) groups is 1. The number of amides is 1. The molecular formula is C22H19F2N3O2. The van der Waals surface area contributed by atoms with Gasteiger partial charge in [0.1, 0.15) is 23.1 Å². The second-order valence-electron chi connectivity index (χ2n) is 6.78. The summed E-state index contributed by atoms with van der Waals surface area (Å²) in [5.41, 5.74) is 2.73. The van der Waals surface area contributed by atoms with Crippen molar-refractivity contribution in [1.29, 1.82) is 0 Å². The molecule has 4 rings (SSSR count). The lowest BCUT2D eigenvalue weighted by Crippen LogP contribution is -2.28. The van der Waals surface area contributed by atoms with Gasteiger partial charge in [0.25, 0.3) is 5.91 Å². The number of aryl methyl sites for hydroxylation is 1. The Balaban J connectivity index is 1.59. The summed E-state index contributed by atoms with van der Waals surface area (Å²) in [6.07, 6.45) is 2.30. The fourth-order valence-corrected chi connectivity index (χ4v) is 3.28. The van der Waals surface area contributed by atoms with Crippen molar-refractivity contribution in [1.82, 2.24) is 14.9 Å². The normalized spacial score (nSPS) is 11.1. The summed E-state index contributed by atoms with van der Waals surface area (Å²) >= 11 is 0. The number of hydrogen-bond donors (Lipinski definition) is 1. The maximum absolute atomic E-state index is 14.2. The molecule has 0 bridgehead atoms. The number of carbonyl (C=O) groups excluding carboxylic acids is 1. The van der Waals surface area contributed by atoms with Gasteiger partial charge in [-0.05, 0) is 25.1 Å². The Morgan fingerprint density at radius 2 is 2.03 bits per heavy atom. The van der Waals surface area contributed by atoms with Gasteiger partial charge in [0.05, 0.1) is 12.1 Å². The summed E-state index contributed by atoms with van der Waals surface area (Å²) in [6, 6.07) is 12.5. The molecule has 1 aromatic carbocycles. The molecule has 7 heteroatoms. The molecule has 0 saturated heterocycles. The fraction of sp³-hybridized carbons (Fsp3) is 0.182. The van der Waals surface area contributed by atoms with Gasteiger partial charge in [0.15, 0.2) is 5.58 Å². The fourth-order valence-electron chi connectivity index (χ4n) is 3.28. The smallest absolute Gasteiger partial charge is 0.268 e. The largest absolute Gasteiger partial charge is 0.460 e. The molecule has 0 spiro atoms. The van der Waals surface area contributed by atoms with Crippen molar-refractivity contribution in [3.63, 3.8) is 0 Å². The molecule has 29 heavy (non-hydrogen) atoms. The van der Waals surface area contributed by atoms with Crippen LogP contribution in [0.3, 0.4) is 0 Å². The third-order valence-electron chi connectivity index (χ3n) is 4.68. The van der Waals surface area contributed by atoms with Crippen LogP contribution in [0.25, 0.3) is 11.1 Å². The minimum atomic E-state index is -0.659. The zero-order valence-electron chi connectivity index (χ0n) is 15.8. The number of nitrogens with zero attached hydrogens (tertiary/aromatic N) is 2. The van der Waals surface area contributed by atoms with Gasteiger partial charge in [0, 0.05) is 48.6 Å². The van der Waals surface area contributed by atoms with Crippen LogP contribution >= 0.6 is 0 Å². The molecule has 5 nitrogen and oxygen atoms in total. The van der Waals surface area contributed by atoms with Crippen LogP contribution in [0.15, 0.2) is 59.1 Å². The van der Waals surface area contributed by atoms with Crippen LogP contribution in [0.4, 0.5) is 8.78 Å². The Labute approximate surface area is 166 Å². The Kier molecular flexibility index (Phi) is 5.12.